The Hall–Kier alpha value is -1.14. The summed E-state index contributed by atoms with van der Waals surface area (Å²) in [6.07, 6.45) is -1.02. The monoisotopic (exact) mass is 224 g/mol. The van der Waals surface area contributed by atoms with Gasteiger partial charge < -0.3 is 19.7 Å². The molecule has 88 valence electrons. The zero-order valence-electron chi connectivity index (χ0n) is 9.22. The number of nitrogens with one attached hydrogen (secondary N) is 1. The molecule has 0 aliphatic carbocycles. The smallest absolute Gasteiger partial charge is 0.251 e. The van der Waals surface area contributed by atoms with Gasteiger partial charge in [0.25, 0.3) is 6.35 Å². The maximum atomic E-state index is 12.2. The second kappa shape index (κ2) is 4.39. The Morgan fingerprint density at radius 1 is 1.62 bits per heavy atom. The maximum absolute atomic E-state index is 12.2. The van der Waals surface area contributed by atoms with Crippen LogP contribution in [0.25, 0.3) is 0 Å². The summed E-state index contributed by atoms with van der Waals surface area (Å²) >= 11 is 0. The number of aliphatic hydroxyl groups is 1. The Morgan fingerprint density at radius 2 is 2.44 bits per heavy atom. The molecule has 1 aromatic rings. The molecule has 5 nitrogen and oxygen atoms in total. The van der Waals surface area contributed by atoms with E-state index in [4.69, 9.17) is 4.74 Å². The third kappa shape index (κ3) is 2.17. The van der Waals surface area contributed by atoms with Gasteiger partial charge in [-0.05, 0) is 12.1 Å². The van der Waals surface area contributed by atoms with Gasteiger partial charge in [-0.15, -0.1) is 0 Å². The summed E-state index contributed by atoms with van der Waals surface area (Å²) in [4.78, 5) is 0. The first-order valence-electron chi connectivity index (χ1n) is 5.26. The molecule has 0 amide bonds. The molecule has 16 heavy (non-hydrogen) atoms. The number of benzene rings is 1. The number of methoxy groups -OCH3 is 1. The fourth-order valence-electron chi connectivity index (χ4n) is 1.92. The summed E-state index contributed by atoms with van der Waals surface area (Å²) < 4.78 is 4.46. The van der Waals surface area contributed by atoms with E-state index in [2.05, 4.69) is 5.32 Å². The lowest BCUT2D eigenvalue weighted by atomic mass is 10.2. The molecule has 2 unspecified atom stereocenters. The van der Waals surface area contributed by atoms with Gasteiger partial charge in [0, 0.05) is 5.56 Å². The van der Waals surface area contributed by atoms with Crippen LogP contribution in [0.2, 0.25) is 0 Å². The molecule has 1 aromatic carbocycles. The molecule has 5 heteroatoms. The summed E-state index contributed by atoms with van der Waals surface area (Å²) in [7, 11) is 1.59. The fourth-order valence-corrected chi connectivity index (χ4v) is 1.92. The highest BCUT2D eigenvalue weighted by Gasteiger charge is 2.32. The lowest BCUT2D eigenvalue weighted by Gasteiger charge is -2.40. The summed E-state index contributed by atoms with van der Waals surface area (Å²) in [6.45, 7) is 1.19. The minimum absolute atomic E-state index is 0.255. The number of hydrogen-bond donors (Lipinski definition) is 2. The van der Waals surface area contributed by atoms with Crippen LogP contribution in [0.3, 0.4) is 0 Å². The molecule has 1 heterocycles. The molecule has 2 atom stereocenters. The SMILES string of the molecule is COc1cccc(C[N+]2([O-])CCNC2O)c1. The van der Waals surface area contributed by atoms with Gasteiger partial charge in [-0.2, -0.15) is 0 Å². The molecular weight excluding hydrogens is 208 g/mol. The van der Waals surface area contributed by atoms with Crippen molar-refractivity contribution in [1.82, 2.24) is 5.32 Å². The van der Waals surface area contributed by atoms with Crippen molar-refractivity contribution >= 4 is 0 Å². The van der Waals surface area contributed by atoms with Crippen LogP contribution in [0.15, 0.2) is 24.3 Å². The summed E-state index contributed by atoms with van der Waals surface area (Å²) in [5.74, 6) is 0.728. The number of hydroxylamine groups is 3. The Morgan fingerprint density at radius 3 is 3.06 bits per heavy atom. The van der Waals surface area contributed by atoms with Gasteiger partial charge in [0.05, 0.1) is 20.2 Å². The van der Waals surface area contributed by atoms with Crippen molar-refractivity contribution in [3.8, 4) is 5.75 Å². The van der Waals surface area contributed by atoms with Crippen molar-refractivity contribution in [3.05, 3.63) is 35.0 Å². The van der Waals surface area contributed by atoms with Crippen molar-refractivity contribution in [2.24, 2.45) is 0 Å². The first-order valence-corrected chi connectivity index (χ1v) is 5.26. The zero-order chi connectivity index (χ0) is 11.6. The minimum atomic E-state index is -1.02. The van der Waals surface area contributed by atoms with E-state index in [0.717, 1.165) is 11.3 Å². The van der Waals surface area contributed by atoms with Crippen molar-refractivity contribution in [1.29, 1.82) is 0 Å². The van der Waals surface area contributed by atoms with Crippen LogP contribution in [0.5, 0.6) is 5.75 Å². The largest absolute Gasteiger partial charge is 0.630 e. The predicted molar refractivity (Wildman–Crippen MR) is 59.2 cm³/mol. The van der Waals surface area contributed by atoms with Crippen LogP contribution in [0, 0.1) is 5.21 Å². The first-order chi connectivity index (χ1) is 7.64. The average molecular weight is 224 g/mol. The van der Waals surface area contributed by atoms with Gasteiger partial charge in [-0.1, -0.05) is 12.1 Å². The summed E-state index contributed by atoms with van der Waals surface area (Å²) in [5, 5.41) is 24.5. The molecule has 0 aromatic heterocycles. The highest BCUT2D eigenvalue weighted by molar-refractivity contribution is 5.27. The molecule has 0 saturated carbocycles. The fraction of sp³-hybridized carbons (Fsp3) is 0.455. The number of nitrogens with zero attached hydrogens (tertiary/aromatic N) is 1. The molecule has 1 fully saturated rings. The molecule has 0 radical (unpaired) electrons. The zero-order valence-corrected chi connectivity index (χ0v) is 9.22. The van der Waals surface area contributed by atoms with Crippen molar-refractivity contribution in [2.45, 2.75) is 12.9 Å². The standard InChI is InChI=1S/C11H16N2O3/c1-16-10-4-2-3-9(7-10)8-13(15)6-5-12-11(13)14/h2-4,7,11-12,14H,5-6,8H2,1H3. The molecule has 2 N–H and O–H groups in total. The van der Waals surface area contributed by atoms with Crippen LogP contribution in [0.4, 0.5) is 0 Å². The molecular formula is C11H16N2O3. The Kier molecular flexibility index (Phi) is 3.11. The van der Waals surface area contributed by atoms with Crippen LogP contribution in [0.1, 0.15) is 5.56 Å². The van der Waals surface area contributed by atoms with E-state index in [-0.39, 0.29) is 6.54 Å². The molecule has 0 spiro atoms. The first kappa shape index (κ1) is 11.3. The molecule has 1 saturated heterocycles. The topological polar surface area (TPSA) is 64.5 Å². The minimum Gasteiger partial charge on any atom is -0.630 e. The number of quaternary nitrogens is 1. The normalized spacial score (nSPS) is 29.3. The lowest BCUT2D eigenvalue weighted by molar-refractivity contribution is -0.928. The van der Waals surface area contributed by atoms with E-state index >= 15 is 0 Å². The average Bonchev–Trinajstić information content (AvgIpc) is 2.59. The van der Waals surface area contributed by atoms with Crippen LogP contribution in [-0.2, 0) is 6.54 Å². The van der Waals surface area contributed by atoms with Gasteiger partial charge in [-0.3, -0.25) is 0 Å². The van der Waals surface area contributed by atoms with E-state index in [0.29, 0.717) is 13.1 Å². The van der Waals surface area contributed by atoms with Crippen LogP contribution < -0.4 is 10.1 Å². The van der Waals surface area contributed by atoms with E-state index < -0.39 is 11.0 Å². The molecule has 1 aliphatic heterocycles. The molecule has 1 aliphatic rings. The second-order valence-electron chi connectivity index (χ2n) is 4.01. The number of aliphatic hydroxyl groups excluding tert-OH is 1. The van der Waals surface area contributed by atoms with Gasteiger partial charge in [0.15, 0.2) is 0 Å². The summed E-state index contributed by atoms with van der Waals surface area (Å²) in [6, 6.07) is 7.36. The number of ether oxygens (including phenoxy) is 1. The highest BCUT2D eigenvalue weighted by Crippen LogP contribution is 2.21. The summed E-state index contributed by atoms with van der Waals surface area (Å²) in [5.41, 5.74) is 0.872. The van der Waals surface area contributed by atoms with Crippen molar-refractivity contribution in [3.63, 3.8) is 0 Å². The number of hydrogen-bond acceptors (Lipinski definition) is 4. The van der Waals surface area contributed by atoms with E-state index in [1.54, 1.807) is 7.11 Å². The predicted octanol–water partition coefficient (Wildman–Crippen LogP) is 0.389. The van der Waals surface area contributed by atoms with Gasteiger partial charge in [0.2, 0.25) is 0 Å². The Bertz CT molecular complexity index is 372. The molecule has 0 bridgehead atoms. The third-order valence-electron chi connectivity index (χ3n) is 2.85. The maximum Gasteiger partial charge on any atom is 0.251 e. The third-order valence-corrected chi connectivity index (χ3v) is 2.85. The second-order valence-corrected chi connectivity index (χ2v) is 4.01. The van der Waals surface area contributed by atoms with Crippen LogP contribution >= 0.6 is 0 Å². The molecule has 2 rings (SSSR count). The Balaban J connectivity index is 2.13. The van der Waals surface area contributed by atoms with Gasteiger partial charge >= 0.3 is 0 Å². The van der Waals surface area contributed by atoms with Gasteiger partial charge in [0.1, 0.15) is 12.3 Å². The lowest BCUT2D eigenvalue weighted by Crippen LogP contribution is -2.48. The number of rotatable bonds is 3. The van der Waals surface area contributed by atoms with E-state index in [1.807, 2.05) is 24.3 Å². The Labute approximate surface area is 94.4 Å². The quantitative estimate of drug-likeness (QED) is 0.576. The van der Waals surface area contributed by atoms with Crippen molar-refractivity contribution < 1.29 is 14.5 Å². The van der Waals surface area contributed by atoms with E-state index in [1.165, 1.54) is 0 Å². The van der Waals surface area contributed by atoms with Gasteiger partial charge in [-0.25, -0.2) is 5.32 Å². The van der Waals surface area contributed by atoms with E-state index in [9.17, 15) is 10.3 Å². The van der Waals surface area contributed by atoms with Crippen molar-refractivity contribution in [2.75, 3.05) is 20.2 Å². The highest BCUT2D eigenvalue weighted by atomic mass is 16.6. The van der Waals surface area contributed by atoms with Crippen LogP contribution in [-0.4, -0.2) is 36.3 Å².